The van der Waals surface area contributed by atoms with E-state index in [0.29, 0.717) is 36.6 Å². The van der Waals surface area contributed by atoms with Crippen molar-refractivity contribution < 1.29 is 13.9 Å². The maximum absolute atomic E-state index is 13.8. The predicted molar refractivity (Wildman–Crippen MR) is 90.7 cm³/mol. The van der Waals surface area contributed by atoms with Gasteiger partial charge in [0.15, 0.2) is 0 Å². The summed E-state index contributed by atoms with van der Waals surface area (Å²) >= 11 is 0. The molecule has 0 saturated heterocycles. The van der Waals surface area contributed by atoms with E-state index in [1.807, 2.05) is 13.8 Å². The van der Waals surface area contributed by atoms with E-state index in [1.165, 1.54) is 6.07 Å². The van der Waals surface area contributed by atoms with Crippen LogP contribution in [0, 0.1) is 19.7 Å². The first-order valence-corrected chi connectivity index (χ1v) is 7.84. The predicted octanol–water partition coefficient (Wildman–Crippen LogP) is 2.85. The Kier molecular flexibility index (Phi) is 6.31. The van der Waals surface area contributed by atoms with Gasteiger partial charge in [-0.15, -0.1) is 0 Å². The molecule has 130 valence electrons. The Morgan fingerprint density at radius 1 is 1.33 bits per heavy atom. The molecule has 0 atom stereocenters. The fraction of sp³-hybridized carbons (Fsp3) is 0.412. The van der Waals surface area contributed by atoms with Crippen LogP contribution >= 0.6 is 0 Å². The van der Waals surface area contributed by atoms with Crippen LogP contribution < -0.4 is 10.6 Å². The van der Waals surface area contributed by atoms with Crippen LogP contribution in [-0.2, 0) is 11.3 Å². The molecule has 2 N–H and O–H groups in total. The molecule has 0 saturated carbocycles. The third-order valence-corrected chi connectivity index (χ3v) is 3.71. The van der Waals surface area contributed by atoms with Gasteiger partial charge in [0.2, 0.25) is 0 Å². The lowest BCUT2D eigenvalue weighted by molar-refractivity contribution is 0.194. The van der Waals surface area contributed by atoms with E-state index in [-0.39, 0.29) is 11.8 Å². The number of amides is 2. The van der Waals surface area contributed by atoms with Crippen molar-refractivity contribution >= 4 is 11.7 Å². The number of hydrogen-bond acceptors (Lipinski definition) is 3. The molecule has 0 aliphatic rings. The highest BCUT2D eigenvalue weighted by atomic mass is 19.1. The van der Waals surface area contributed by atoms with E-state index in [4.69, 9.17) is 4.74 Å². The molecule has 0 bridgehead atoms. The molecule has 2 aromatic rings. The maximum atomic E-state index is 13.8. The normalized spacial score (nSPS) is 10.7. The van der Waals surface area contributed by atoms with Crippen LogP contribution in [0.1, 0.15) is 23.4 Å². The minimum atomic E-state index is -0.289. The highest BCUT2D eigenvalue weighted by Gasteiger charge is 2.15. The molecule has 2 amide bonds. The second-order valence-electron chi connectivity index (χ2n) is 5.52. The van der Waals surface area contributed by atoms with Gasteiger partial charge in [0.1, 0.15) is 5.82 Å². The number of urea groups is 1. The molecule has 0 unspecified atom stereocenters. The van der Waals surface area contributed by atoms with Crippen LogP contribution in [-0.4, -0.2) is 36.1 Å². The van der Waals surface area contributed by atoms with Crippen LogP contribution in [0.4, 0.5) is 14.9 Å². The number of carbonyl (C=O) groups excluding carboxylic acids is 1. The fourth-order valence-corrected chi connectivity index (χ4v) is 2.40. The number of ether oxygens (including phenoxy) is 1. The fourth-order valence-electron chi connectivity index (χ4n) is 2.40. The van der Waals surface area contributed by atoms with Crippen molar-refractivity contribution in [3.8, 4) is 0 Å². The van der Waals surface area contributed by atoms with Crippen LogP contribution in [0.25, 0.3) is 0 Å². The number of nitrogens with one attached hydrogen (secondary N) is 2. The quantitative estimate of drug-likeness (QED) is 0.765. The first-order chi connectivity index (χ1) is 11.5. The number of benzene rings is 1. The second-order valence-corrected chi connectivity index (χ2v) is 5.52. The molecular formula is C17H23FN4O2. The number of hydrogen-bond donors (Lipinski definition) is 2. The maximum Gasteiger partial charge on any atom is 0.319 e. The first kappa shape index (κ1) is 17.9. The average molecular weight is 334 g/mol. The Labute approximate surface area is 141 Å². The molecule has 1 aromatic heterocycles. The van der Waals surface area contributed by atoms with Gasteiger partial charge < -0.3 is 15.4 Å². The highest BCUT2D eigenvalue weighted by molar-refractivity contribution is 5.90. The van der Waals surface area contributed by atoms with Crippen molar-refractivity contribution in [2.45, 2.75) is 26.8 Å². The Bertz CT molecular complexity index is 700. The molecule has 0 spiro atoms. The van der Waals surface area contributed by atoms with Crippen LogP contribution in [0.2, 0.25) is 0 Å². The standard InChI is InChI=1S/C17H23FN4O2/c1-12-16(20-17(23)19-9-6-10-24-3)13(2)22(21-12)11-14-7-4-5-8-15(14)18/h4-5,7-8H,6,9-11H2,1-3H3,(H2,19,20,23). The van der Waals surface area contributed by atoms with Gasteiger partial charge >= 0.3 is 6.03 Å². The number of nitrogens with zero attached hydrogens (tertiary/aromatic N) is 2. The molecule has 0 aliphatic heterocycles. The zero-order chi connectivity index (χ0) is 17.5. The lowest BCUT2D eigenvalue weighted by Crippen LogP contribution is -2.30. The van der Waals surface area contributed by atoms with Gasteiger partial charge in [-0.25, -0.2) is 9.18 Å². The average Bonchev–Trinajstić information content (AvgIpc) is 2.81. The Hall–Kier alpha value is -2.41. The van der Waals surface area contributed by atoms with E-state index in [1.54, 1.807) is 30.0 Å². The van der Waals surface area contributed by atoms with E-state index in [9.17, 15) is 9.18 Å². The van der Waals surface area contributed by atoms with E-state index < -0.39 is 0 Å². The Morgan fingerprint density at radius 3 is 2.79 bits per heavy atom. The Balaban J connectivity index is 2.03. The molecule has 24 heavy (non-hydrogen) atoms. The molecule has 7 heteroatoms. The summed E-state index contributed by atoms with van der Waals surface area (Å²) in [7, 11) is 1.62. The van der Waals surface area contributed by atoms with Gasteiger partial charge in [0.25, 0.3) is 0 Å². The molecule has 1 aromatic carbocycles. The molecular weight excluding hydrogens is 311 g/mol. The highest BCUT2D eigenvalue weighted by Crippen LogP contribution is 2.21. The summed E-state index contributed by atoms with van der Waals surface area (Å²) in [6, 6.07) is 6.30. The molecule has 1 heterocycles. The topological polar surface area (TPSA) is 68.2 Å². The number of carbonyl (C=O) groups is 1. The minimum absolute atomic E-state index is 0.268. The number of aryl methyl sites for hydroxylation is 1. The lowest BCUT2D eigenvalue weighted by Gasteiger charge is -2.09. The summed E-state index contributed by atoms with van der Waals surface area (Å²) in [6.07, 6.45) is 0.744. The molecule has 2 rings (SSSR count). The molecule has 0 radical (unpaired) electrons. The number of rotatable bonds is 7. The number of methoxy groups -OCH3 is 1. The lowest BCUT2D eigenvalue weighted by atomic mass is 10.2. The van der Waals surface area contributed by atoms with Gasteiger partial charge in [0.05, 0.1) is 23.6 Å². The SMILES string of the molecule is COCCCNC(=O)Nc1c(C)nn(Cc2ccccc2F)c1C. The third kappa shape index (κ3) is 4.55. The number of anilines is 1. The van der Waals surface area contributed by atoms with E-state index in [2.05, 4.69) is 15.7 Å². The van der Waals surface area contributed by atoms with E-state index in [0.717, 1.165) is 12.1 Å². The second kappa shape index (κ2) is 8.44. The summed E-state index contributed by atoms with van der Waals surface area (Å²) in [5, 5.41) is 9.97. The summed E-state index contributed by atoms with van der Waals surface area (Å²) < 4.78 is 20.4. The van der Waals surface area contributed by atoms with Crippen LogP contribution in [0.15, 0.2) is 24.3 Å². The van der Waals surface area contributed by atoms with Gasteiger partial charge in [-0.3, -0.25) is 4.68 Å². The van der Waals surface area contributed by atoms with Crippen molar-refractivity contribution in [2.24, 2.45) is 0 Å². The van der Waals surface area contributed by atoms with Crippen molar-refractivity contribution in [1.29, 1.82) is 0 Å². The molecule has 0 aliphatic carbocycles. The van der Waals surface area contributed by atoms with Gasteiger partial charge in [-0.1, -0.05) is 18.2 Å². The monoisotopic (exact) mass is 334 g/mol. The van der Waals surface area contributed by atoms with Gasteiger partial charge in [-0.2, -0.15) is 5.10 Å². The number of halogens is 1. The summed E-state index contributed by atoms with van der Waals surface area (Å²) in [5.74, 6) is -0.268. The number of aromatic nitrogens is 2. The largest absolute Gasteiger partial charge is 0.385 e. The van der Waals surface area contributed by atoms with Crippen LogP contribution in [0.5, 0.6) is 0 Å². The first-order valence-electron chi connectivity index (χ1n) is 7.84. The van der Waals surface area contributed by atoms with Crippen molar-refractivity contribution in [3.05, 3.63) is 47.0 Å². The molecule has 0 fully saturated rings. The van der Waals surface area contributed by atoms with Crippen molar-refractivity contribution in [3.63, 3.8) is 0 Å². The van der Waals surface area contributed by atoms with Crippen molar-refractivity contribution in [2.75, 3.05) is 25.6 Å². The molecule has 6 nitrogen and oxygen atoms in total. The van der Waals surface area contributed by atoms with Gasteiger partial charge in [0, 0.05) is 25.8 Å². The summed E-state index contributed by atoms with van der Waals surface area (Å²) in [5.41, 5.74) is 2.67. The van der Waals surface area contributed by atoms with Gasteiger partial charge in [-0.05, 0) is 26.3 Å². The van der Waals surface area contributed by atoms with Crippen LogP contribution in [0.3, 0.4) is 0 Å². The van der Waals surface area contributed by atoms with E-state index >= 15 is 0 Å². The third-order valence-electron chi connectivity index (χ3n) is 3.71. The zero-order valence-corrected chi connectivity index (χ0v) is 14.2. The summed E-state index contributed by atoms with van der Waals surface area (Å²) in [6.45, 7) is 5.10. The minimum Gasteiger partial charge on any atom is -0.385 e. The zero-order valence-electron chi connectivity index (χ0n) is 14.2. The smallest absolute Gasteiger partial charge is 0.319 e. The summed E-state index contributed by atoms with van der Waals surface area (Å²) in [4.78, 5) is 11.9. The van der Waals surface area contributed by atoms with Crippen molar-refractivity contribution in [1.82, 2.24) is 15.1 Å². The Morgan fingerprint density at radius 2 is 2.08 bits per heavy atom.